The number of hydrazine groups is 2. The van der Waals surface area contributed by atoms with Gasteiger partial charge in [-0.25, -0.2) is 16.0 Å². The second kappa shape index (κ2) is 4.54. The lowest BCUT2D eigenvalue weighted by atomic mass is 10.3. The highest BCUT2D eigenvalue weighted by atomic mass is 16.6. The summed E-state index contributed by atoms with van der Waals surface area (Å²) >= 11 is 0. The summed E-state index contributed by atoms with van der Waals surface area (Å²) in [7, 11) is 3.44. The molecule has 0 unspecified atom stereocenters. The summed E-state index contributed by atoms with van der Waals surface area (Å²) < 4.78 is 0. The molecule has 0 amide bonds. The van der Waals surface area contributed by atoms with Gasteiger partial charge in [-0.15, -0.1) is 0 Å². The minimum Gasteiger partial charge on any atom is -0.258 e. The standard InChI is InChI=1S/C8H12N4O2/c1-9-11(10-2)7-4-3-5-8(6-7)12(13)14/h3-6,9-10H,1-2H3. The van der Waals surface area contributed by atoms with E-state index in [1.807, 2.05) is 0 Å². The second-order valence-electron chi connectivity index (χ2n) is 2.56. The summed E-state index contributed by atoms with van der Waals surface area (Å²) in [4.78, 5) is 10.1. The van der Waals surface area contributed by atoms with E-state index in [2.05, 4.69) is 10.9 Å². The Balaban J connectivity index is 2.98. The average Bonchev–Trinajstić information content (AvgIpc) is 2.20. The van der Waals surface area contributed by atoms with Crippen LogP contribution in [0.1, 0.15) is 0 Å². The molecule has 0 aliphatic heterocycles. The van der Waals surface area contributed by atoms with Crippen LogP contribution in [-0.2, 0) is 0 Å². The zero-order chi connectivity index (χ0) is 10.6. The van der Waals surface area contributed by atoms with E-state index in [1.165, 1.54) is 12.1 Å². The molecule has 0 heterocycles. The van der Waals surface area contributed by atoms with E-state index in [4.69, 9.17) is 0 Å². The van der Waals surface area contributed by atoms with E-state index in [1.54, 1.807) is 31.3 Å². The van der Waals surface area contributed by atoms with Crippen molar-refractivity contribution < 1.29 is 4.92 Å². The van der Waals surface area contributed by atoms with Gasteiger partial charge in [0.2, 0.25) is 0 Å². The summed E-state index contributed by atoms with van der Waals surface area (Å²) in [5.41, 5.74) is 6.42. The van der Waals surface area contributed by atoms with Crippen LogP contribution in [0.3, 0.4) is 0 Å². The normalized spacial score (nSPS) is 9.86. The highest BCUT2D eigenvalue weighted by Gasteiger charge is 2.08. The third-order valence-electron chi connectivity index (χ3n) is 1.75. The fraction of sp³-hybridized carbons (Fsp3) is 0.250. The quantitative estimate of drug-likeness (QED) is 0.547. The highest BCUT2D eigenvalue weighted by molar-refractivity contribution is 5.51. The zero-order valence-corrected chi connectivity index (χ0v) is 8.02. The molecule has 6 nitrogen and oxygen atoms in total. The van der Waals surface area contributed by atoms with Gasteiger partial charge in [-0.2, -0.15) is 0 Å². The number of nitrogens with one attached hydrogen (secondary N) is 2. The predicted octanol–water partition coefficient (Wildman–Crippen LogP) is 0.670. The lowest BCUT2D eigenvalue weighted by molar-refractivity contribution is -0.384. The molecule has 1 aromatic rings. The SMILES string of the molecule is CNN(NC)c1cccc([N+](=O)[O-])c1. The number of anilines is 1. The van der Waals surface area contributed by atoms with Crippen molar-refractivity contribution in [2.24, 2.45) is 0 Å². The minimum absolute atomic E-state index is 0.0676. The Bertz CT molecular complexity index is 325. The summed E-state index contributed by atoms with van der Waals surface area (Å²) in [6.07, 6.45) is 0. The predicted molar refractivity (Wildman–Crippen MR) is 53.7 cm³/mol. The summed E-state index contributed by atoms with van der Waals surface area (Å²) in [5.74, 6) is 0. The van der Waals surface area contributed by atoms with Gasteiger partial charge in [0.1, 0.15) is 0 Å². The summed E-state index contributed by atoms with van der Waals surface area (Å²) in [6.45, 7) is 0. The maximum atomic E-state index is 10.5. The molecule has 14 heavy (non-hydrogen) atoms. The van der Waals surface area contributed by atoms with Crippen LogP contribution < -0.4 is 16.0 Å². The van der Waals surface area contributed by atoms with Crippen LogP contribution in [0.4, 0.5) is 11.4 Å². The number of nitro groups is 1. The van der Waals surface area contributed by atoms with Crippen molar-refractivity contribution in [1.82, 2.24) is 10.9 Å². The second-order valence-corrected chi connectivity index (χ2v) is 2.56. The van der Waals surface area contributed by atoms with E-state index in [-0.39, 0.29) is 5.69 Å². The first kappa shape index (κ1) is 10.4. The first-order chi connectivity index (χ1) is 6.69. The molecule has 0 aromatic heterocycles. The molecule has 0 aliphatic rings. The van der Waals surface area contributed by atoms with Gasteiger partial charge < -0.3 is 0 Å². The van der Waals surface area contributed by atoms with Gasteiger partial charge in [-0.1, -0.05) is 6.07 Å². The molecule has 0 aliphatic carbocycles. The van der Waals surface area contributed by atoms with Crippen LogP contribution >= 0.6 is 0 Å². The van der Waals surface area contributed by atoms with Crippen molar-refractivity contribution >= 4 is 11.4 Å². The van der Waals surface area contributed by atoms with Crippen LogP contribution in [0, 0.1) is 10.1 Å². The first-order valence-electron chi connectivity index (χ1n) is 4.08. The van der Waals surface area contributed by atoms with Gasteiger partial charge in [-0.3, -0.25) is 10.1 Å². The lowest BCUT2D eigenvalue weighted by Gasteiger charge is -2.21. The summed E-state index contributed by atoms with van der Waals surface area (Å²) in [5, 5.41) is 12.1. The number of nitrogens with zero attached hydrogens (tertiary/aromatic N) is 2. The van der Waals surface area contributed by atoms with Gasteiger partial charge >= 0.3 is 0 Å². The van der Waals surface area contributed by atoms with Crippen LogP contribution in [0.15, 0.2) is 24.3 Å². The molecule has 0 atom stereocenters. The topological polar surface area (TPSA) is 70.4 Å². The number of hydrogen-bond acceptors (Lipinski definition) is 5. The molecule has 0 bridgehead atoms. The highest BCUT2D eigenvalue weighted by Crippen LogP contribution is 2.18. The third-order valence-corrected chi connectivity index (χ3v) is 1.75. The largest absolute Gasteiger partial charge is 0.271 e. The van der Waals surface area contributed by atoms with Crippen LogP contribution in [-0.4, -0.2) is 19.0 Å². The fourth-order valence-electron chi connectivity index (χ4n) is 1.12. The van der Waals surface area contributed by atoms with E-state index >= 15 is 0 Å². The molecular formula is C8H12N4O2. The van der Waals surface area contributed by atoms with E-state index < -0.39 is 4.92 Å². The molecule has 1 rings (SSSR count). The van der Waals surface area contributed by atoms with E-state index in [0.717, 1.165) is 0 Å². The Morgan fingerprint density at radius 3 is 2.50 bits per heavy atom. The maximum absolute atomic E-state index is 10.5. The van der Waals surface area contributed by atoms with Crippen LogP contribution in [0.2, 0.25) is 0 Å². The molecule has 0 radical (unpaired) electrons. The number of hydrogen-bond donors (Lipinski definition) is 2. The Hall–Kier alpha value is -1.66. The third kappa shape index (κ3) is 2.18. The van der Waals surface area contributed by atoms with E-state index in [0.29, 0.717) is 5.69 Å². The molecule has 6 heteroatoms. The monoisotopic (exact) mass is 196 g/mol. The van der Waals surface area contributed by atoms with Crippen molar-refractivity contribution in [2.45, 2.75) is 0 Å². The van der Waals surface area contributed by atoms with Gasteiger partial charge in [0.25, 0.3) is 5.69 Å². The number of benzene rings is 1. The molecule has 0 fully saturated rings. The van der Waals surface area contributed by atoms with E-state index in [9.17, 15) is 10.1 Å². The zero-order valence-electron chi connectivity index (χ0n) is 8.02. The number of nitro benzene ring substituents is 1. The lowest BCUT2D eigenvalue weighted by Crippen LogP contribution is -2.44. The van der Waals surface area contributed by atoms with Crippen molar-refractivity contribution in [3.05, 3.63) is 34.4 Å². The van der Waals surface area contributed by atoms with Crippen molar-refractivity contribution in [3.63, 3.8) is 0 Å². The van der Waals surface area contributed by atoms with Crippen LogP contribution in [0.25, 0.3) is 0 Å². The van der Waals surface area contributed by atoms with Gasteiger partial charge in [0, 0.05) is 26.2 Å². The molecule has 0 saturated carbocycles. The summed E-state index contributed by atoms with van der Waals surface area (Å²) in [6, 6.07) is 6.33. The maximum Gasteiger partial charge on any atom is 0.271 e. The minimum atomic E-state index is -0.424. The van der Waals surface area contributed by atoms with Gasteiger partial charge in [0.15, 0.2) is 0 Å². The fourth-order valence-corrected chi connectivity index (χ4v) is 1.12. The molecule has 2 N–H and O–H groups in total. The Morgan fingerprint density at radius 1 is 1.36 bits per heavy atom. The number of rotatable bonds is 4. The Kier molecular flexibility index (Phi) is 3.38. The molecule has 1 aromatic carbocycles. The first-order valence-corrected chi connectivity index (χ1v) is 4.08. The molecule has 76 valence electrons. The van der Waals surface area contributed by atoms with Crippen molar-refractivity contribution in [2.75, 3.05) is 19.2 Å². The van der Waals surface area contributed by atoms with Crippen molar-refractivity contribution in [1.29, 1.82) is 0 Å². The van der Waals surface area contributed by atoms with Crippen LogP contribution in [0.5, 0.6) is 0 Å². The van der Waals surface area contributed by atoms with Gasteiger partial charge in [0.05, 0.1) is 10.6 Å². The van der Waals surface area contributed by atoms with Gasteiger partial charge in [-0.05, 0) is 6.07 Å². The Labute approximate surface area is 81.6 Å². The number of non-ortho nitro benzene ring substituents is 1. The van der Waals surface area contributed by atoms with Crippen molar-refractivity contribution in [3.8, 4) is 0 Å². The molecule has 0 spiro atoms. The molecular weight excluding hydrogens is 184 g/mol. The Morgan fingerprint density at radius 2 is 2.00 bits per heavy atom. The average molecular weight is 196 g/mol. The molecule has 0 saturated heterocycles. The smallest absolute Gasteiger partial charge is 0.258 e.